The van der Waals surface area contributed by atoms with E-state index in [1.807, 2.05) is 18.2 Å². The van der Waals surface area contributed by atoms with Crippen LogP contribution in [0.5, 0.6) is 0 Å². The van der Waals surface area contributed by atoms with Crippen LogP contribution >= 0.6 is 0 Å². The Kier molecular flexibility index (Phi) is 7.42. The molecule has 5 nitrogen and oxygen atoms in total. The number of benzene rings is 2. The average molecular weight is 440 g/mol. The normalized spacial score (nSPS) is 15.8. The maximum atomic E-state index is 13.4. The van der Waals surface area contributed by atoms with Crippen LogP contribution in [-0.4, -0.2) is 60.4 Å². The summed E-state index contributed by atoms with van der Waals surface area (Å²) in [5, 5.41) is 10.6. The summed E-state index contributed by atoms with van der Waals surface area (Å²) in [6, 6.07) is 17.9. The van der Waals surface area contributed by atoms with Crippen LogP contribution in [-0.2, 0) is 4.74 Å². The molecule has 1 N–H and O–H groups in total. The number of ether oxygens (including phenoxy) is 1. The van der Waals surface area contributed by atoms with Gasteiger partial charge >= 0.3 is 0 Å². The van der Waals surface area contributed by atoms with Gasteiger partial charge in [-0.25, -0.2) is 13.8 Å². The lowest BCUT2D eigenvalue weighted by molar-refractivity contribution is -0.00898. The van der Waals surface area contributed by atoms with E-state index in [0.717, 1.165) is 43.1 Å². The summed E-state index contributed by atoms with van der Waals surface area (Å²) in [6.45, 7) is 3.95. The Morgan fingerprint density at radius 3 is 1.97 bits per heavy atom. The average Bonchev–Trinajstić information content (AvgIpc) is 2.82. The minimum Gasteiger partial charge on any atom is -0.389 e. The number of aliphatic hydroxyl groups is 1. The molecule has 0 radical (unpaired) electrons. The maximum absolute atomic E-state index is 13.4. The van der Waals surface area contributed by atoms with Gasteiger partial charge in [-0.3, -0.25) is 4.90 Å². The van der Waals surface area contributed by atoms with Crippen molar-refractivity contribution in [3.63, 3.8) is 0 Å². The predicted molar refractivity (Wildman–Crippen MR) is 119 cm³/mol. The molecule has 1 unspecified atom stereocenters. The first-order valence-electron chi connectivity index (χ1n) is 10.8. The molecule has 0 amide bonds. The zero-order valence-corrected chi connectivity index (χ0v) is 17.8. The molecule has 1 aliphatic rings. The topological polar surface area (TPSA) is 48.8 Å². The number of pyridine rings is 1. The van der Waals surface area contributed by atoms with E-state index in [9.17, 15) is 13.9 Å². The van der Waals surface area contributed by atoms with Crippen LogP contribution in [0.4, 0.5) is 14.6 Å². The number of piperazine rings is 1. The molecule has 0 saturated carbocycles. The predicted octanol–water partition coefficient (Wildman–Crippen LogP) is 3.65. The SMILES string of the molecule is OC(COC(c1ccc(F)cc1)c1ccc(F)cc1)CN1CCN(c2ccccn2)CC1. The number of rotatable bonds is 8. The van der Waals surface area contributed by atoms with Crippen molar-refractivity contribution < 1.29 is 18.6 Å². The van der Waals surface area contributed by atoms with Crippen LogP contribution in [0.25, 0.3) is 0 Å². The minimum absolute atomic E-state index is 0.111. The summed E-state index contributed by atoms with van der Waals surface area (Å²) in [4.78, 5) is 8.84. The fraction of sp³-hybridized carbons (Fsp3) is 0.320. The highest BCUT2D eigenvalue weighted by molar-refractivity contribution is 5.38. The molecule has 2 heterocycles. The van der Waals surface area contributed by atoms with Gasteiger partial charge < -0.3 is 14.7 Å². The molecule has 4 rings (SSSR count). The molecule has 7 heteroatoms. The molecular formula is C25H27F2N3O2. The molecule has 32 heavy (non-hydrogen) atoms. The third-order valence-corrected chi connectivity index (χ3v) is 5.62. The van der Waals surface area contributed by atoms with E-state index in [-0.39, 0.29) is 18.2 Å². The highest BCUT2D eigenvalue weighted by atomic mass is 19.1. The second-order valence-electron chi connectivity index (χ2n) is 7.95. The van der Waals surface area contributed by atoms with E-state index in [4.69, 9.17) is 4.74 Å². The van der Waals surface area contributed by atoms with Crippen molar-refractivity contribution >= 4 is 5.82 Å². The van der Waals surface area contributed by atoms with Gasteiger partial charge in [0, 0.05) is 38.9 Å². The molecule has 1 fully saturated rings. The van der Waals surface area contributed by atoms with Crippen molar-refractivity contribution in [2.45, 2.75) is 12.2 Å². The van der Waals surface area contributed by atoms with Crippen LogP contribution < -0.4 is 4.90 Å². The molecule has 1 atom stereocenters. The van der Waals surface area contributed by atoms with E-state index >= 15 is 0 Å². The molecule has 1 aromatic heterocycles. The van der Waals surface area contributed by atoms with E-state index < -0.39 is 12.2 Å². The summed E-state index contributed by atoms with van der Waals surface area (Å²) >= 11 is 0. The maximum Gasteiger partial charge on any atom is 0.128 e. The van der Waals surface area contributed by atoms with E-state index in [2.05, 4.69) is 14.8 Å². The standard InChI is InChI=1S/C25H27F2N3O2/c26-21-8-4-19(5-9-21)25(20-6-10-22(27)11-7-20)32-18-23(31)17-29-13-15-30(16-14-29)24-3-1-2-12-28-24/h1-12,23,25,31H,13-18H2. The molecule has 1 aliphatic heterocycles. The number of halogens is 2. The van der Waals surface area contributed by atoms with Crippen molar-refractivity contribution in [1.29, 1.82) is 0 Å². The number of aromatic nitrogens is 1. The smallest absolute Gasteiger partial charge is 0.128 e. The van der Waals surface area contributed by atoms with Crippen molar-refractivity contribution in [2.75, 3.05) is 44.2 Å². The van der Waals surface area contributed by atoms with Crippen molar-refractivity contribution in [3.05, 3.63) is 95.7 Å². The Bertz CT molecular complexity index is 917. The first-order valence-corrected chi connectivity index (χ1v) is 10.8. The van der Waals surface area contributed by atoms with Gasteiger partial charge in [0.25, 0.3) is 0 Å². The highest BCUT2D eigenvalue weighted by Gasteiger charge is 2.22. The van der Waals surface area contributed by atoms with Crippen molar-refractivity contribution in [2.24, 2.45) is 0 Å². The number of nitrogens with zero attached hydrogens (tertiary/aromatic N) is 3. The number of hydrogen-bond acceptors (Lipinski definition) is 5. The molecule has 3 aromatic rings. The van der Waals surface area contributed by atoms with Crippen LogP contribution in [0, 0.1) is 11.6 Å². The van der Waals surface area contributed by atoms with Crippen LogP contribution in [0.3, 0.4) is 0 Å². The fourth-order valence-electron chi connectivity index (χ4n) is 3.92. The third kappa shape index (κ3) is 5.88. The van der Waals surface area contributed by atoms with Crippen LogP contribution in [0.1, 0.15) is 17.2 Å². The van der Waals surface area contributed by atoms with Crippen LogP contribution in [0.15, 0.2) is 72.9 Å². The van der Waals surface area contributed by atoms with Crippen molar-refractivity contribution in [3.8, 4) is 0 Å². The number of β-amino-alcohol motifs (C(OH)–C–C–N with tert-alkyl or cyclic N) is 1. The Morgan fingerprint density at radius 1 is 0.844 bits per heavy atom. The molecule has 0 aliphatic carbocycles. The molecule has 168 valence electrons. The first kappa shape index (κ1) is 22.3. The zero-order chi connectivity index (χ0) is 22.3. The van der Waals surface area contributed by atoms with Gasteiger partial charge in [-0.15, -0.1) is 0 Å². The zero-order valence-electron chi connectivity index (χ0n) is 17.8. The molecule has 0 spiro atoms. The quantitative estimate of drug-likeness (QED) is 0.581. The van der Waals surface area contributed by atoms with Gasteiger partial charge in [0.2, 0.25) is 0 Å². The lowest BCUT2D eigenvalue weighted by Crippen LogP contribution is -2.49. The first-order chi connectivity index (χ1) is 15.6. The summed E-state index contributed by atoms with van der Waals surface area (Å²) in [5.74, 6) is 0.297. The van der Waals surface area contributed by atoms with Gasteiger partial charge in [0.15, 0.2) is 0 Å². The summed E-state index contributed by atoms with van der Waals surface area (Å²) < 4.78 is 32.8. The van der Waals surface area contributed by atoms with Gasteiger partial charge in [0.05, 0.1) is 12.7 Å². The number of aliphatic hydroxyl groups excluding tert-OH is 1. The Morgan fingerprint density at radius 2 is 1.44 bits per heavy atom. The number of hydrogen-bond donors (Lipinski definition) is 1. The summed E-state index contributed by atoms with van der Waals surface area (Å²) in [6.07, 6.45) is 0.591. The molecule has 1 saturated heterocycles. The molecule has 0 bridgehead atoms. The van der Waals surface area contributed by atoms with Crippen LogP contribution in [0.2, 0.25) is 0 Å². The van der Waals surface area contributed by atoms with Gasteiger partial charge in [-0.05, 0) is 47.5 Å². The lowest BCUT2D eigenvalue weighted by Gasteiger charge is -2.36. The Hall–Kier alpha value is -2.87. The van der Waals surface area contributed by atoms with Gasteiger partial charge in [-0.2, -0.15) is 0 Å². The van der Waals surface area contributed by atoms with E-state index in [0.29, 0.717) is 6.54 Å². The summed E-state index contributed by atoms with van der Waals surface area (Å²) in [7, 11) is 0. The van der Waals surface area contributed by atoms with Crippen molar-refractivity contribution in [1.82, 2.24) is 9.88 Å². The molecular weight excluding hydrogens is 412 g/mol. The second-order valence-corrected chi connectivity index (χ2v) is 7.95. The van der Waals surface area contributed by atoms with Gasteiger partial charge in [0.1, 0.15) is 23.6 Å². The largest absolute Gasteiger partial charge is 0.389 e. The van der Waals surface area contributed by atoms with E-state index in [1.54, 1.807) is 30.5 Å². The third-order valence-electron chi connectivity index (χ3n) is 5.62. The monoisotopic (exact) mass is 439 g/mol. The Labute approximate surface area is 186 Å². The highest BCUT2D eigenvalue weighted by Crippen LogP contribution is 2.27. The van der Waals surface area contributed by atoms with E-state index in [1.165, 1.54) is 24.3 Å². The number of anilines is 1. The lowest BCUT2D eigenvalue weighted by atomic mass is 10.0. The van der Waals surface area contributed by atoms with Gasteiger partial charge in [-0.1, -0.05) is 30.3 Å². The Balaban J connectivity index is 1.33. The second kappa shape index (κ2) is 10.6. The molecule has 2 aromatic carbocycles. The minimum atomic E-state index is -0.681. The fourth-order valence-corrected chi connectivity index (χ4v) is 3.92. The summed E-state index contributed by atoms with van der Waals surface area (Å²) in [5.41, 5.74) is 1.49.